The Morgan fingerprint density at radius 3 is 2.00 bits per heavy atom. The lowest BCUT2D eigenvalue weighted by molar-refractivity contribution is -0.139. The molecule has 1 N–H and O–H groups in total. The third-order valence-corrected chi connectivity index (χ3v) is 4.70. The molecule has 0 heterocycles. The molecule has 0 aliphatic carbocycles. The van der Waals surface area contributed by atoms with Gasteiger partial charge < -0.3 is 5.11 Å². The molecule has 7 heteroatoms. The zero-order valence-electron chi connectivity index (χ0n) is 14.9. The third-order valence-electron chi connectivity index (χ3n) is 3.85. The van der Waals surface area contributed by atoms with Crippen molar-refractivity contribution < 1.29 is 27.5 Å². The molecular formula is C20H19BrF4O2. The number of alkyl halides is 3. The summed E-state index contributed by atoms with van der Waals surface area (Å²) in [5, 5.41) is 6.89. The lowest BCUT2D eigenvalue weighted by atomic mass is 9.93. The zero-order valence-corrected chi connectivity index (χ0v) is 16.5. The van der Waals surface area contributed by atoms with Gasteiger partial charge in [0, 0.05) is 4.47 Å². The maximum atomic E-state index is 13.7. The van der Waals surface area contributed by atoms with E-state index in [9.17, 15) is 17.6 Å². The van der Waals surface area contributed by atoms with Crippen LogP contribution in [0, 0.1) is 26.6 Å². The van der Waals surface area contributed by atoms with Crippen LogP contribution in [0.15, 0.2) is 40.9 Å². The van der Waals surface area contributed by atoms with E-state index in [0.29, 0.717) is 5.56 Å². The molecule has 2 nitrogen and oxygen atoms in total. The fourth-order valence-corrected chi connectivity index (χ4v) is 2.88. The highest BCUT2D eigenvalue weighted by Crippen LogP contribution is 2.37. The molecule has 0 aromatic heterocycles. The Hall–Kier alpha value is -2.15. The Kier molecular flexibility index (Phi) is 8.21. The van der Waals surface area contributed by atoms with E-state index < -0.39 is 17.9 Å². The number of allylic oxidation sites excluding steroid dienone is 1. The Labute approximate surface area is 163 Å². The van der Waals surface area contributed by atoms with Crippen LogP contribution in [0.2, 0.25) is 0 Å². The number of hydrogen-bond acceptors (Lipinski definition) is 1. The summed E-state index contributed by atoms with van der Waals surface area (Å²) in [6.07, 6.45) is -1.89. The van der Waals surface area contributed by atoms with Gasteiger partial charge in [0.1, 0.15) is 5.82 Å². The van der Waals surface area contributed by atoms with Crippen LogP contribution in [0.5, 0.6) is 0 Å². The van der Waals surface area contributed by atoms with E-state index in [2.05, 4.69) is 15.9 Å². The molecule has 2 aromatic carbocycles. The van der Waals surface area contributed by atoms with E-state index in [0.717, 1.165) is 16.1 Å². The molecule has 0 aliphatic rings. The van der Waals surface area contributed by atoms with Crippen LogP contribution in [0.1, 0.15) is 33.7 Å². The van der Waals surface area contributed by atoms with Crippen molar-refractivity contribution in [2.45, 2.75) is 32.9 Å². The Morgan fingerprint density at radius 1 is 1.04 bits per heavy atom. The molecule has 0 radical (unpaired) electrons. The fraction of sp³-hybridized carbons (Fsp3) is 0.250. The average molecular weight is 447 g/mol. The van der Waals surface area contributed by atoms with Crippen LogP contribution in [-0.4, -0.2) is 17.8 Å². The third kappa shape index (κ3) is 6.50. The Morgan fingerprint density at radius 2 is 1.56 bits per heavy atom. The molecule has 0 amide bonds. The van der Waals surface area contributed by atoms with Crippen molar-refractivity contribution in [2.75, 3.05) is 0 Å². The average Bonchev–Trinajstić information content (AvgIpc) is 2.55. The second-order valence-corrected chi connectivity index (χ2v) is 6.82. The van der Waals surface area contributed by atoms with E-state index in [1.165, 1.54) is 32.1 Å². The van der Waals surface area contributed by atoms with Crippen LogP contribution in [0.3, 0.4) is 0 Å². The second kappa shape index (κ2) is 9.69. The van der Waals surface area contributed by atoms with Crippen LogP contribution in [0.25, 0.3) is 6.08 Å². The van der Waals surface area contributed by atoms with Crippen LogP contribution >= 0.6 is 15.9 Å². The number of halogens is 5. The summed E-state index contributed by atoms with van der Waals surface area (Å²) in [7, 11) is 0. The zero-order chi connectivity index (χ0) is 20.8. The van der Waals surface area contributed by atoms with E-state index in [1.807, 2.05) is 13.0 Å². The van der Waals surface area contributed by atoms with Crippen LogP contribution in [0.4, 0.5) is 17.6 Å². The summed E-state index contributed by atoms with van der Waals surface area (Å²) in [6.45, 7) is 4.60. The summed E-state index contributed by atoms with van der Waals surface area (Å²) in [5.74, 6) is -2.25. The van der Waals surface area contributed by atoms with Gasteiger partial charge >= 0.3 is 6.18 Å². The first-order chi connectivity index (χ1) is 12.5. The highest BCUT2D eigenvalue weighted by atomic mass is 79.9. The number of carboxylic acid groups (broad SMARTS) is 1. The van der Waals surface area contributed by atoms with Gasteiger partial charge in [0.2, 0.25) is 0 Å². The van der Waals surface area contributed by atoms with Crippen molar-refractivity contribution in [3.05, 3.63) is 74.5 Å². The largest absolute Gasteiger partial charge is 0.483 e. The number of benzene rings is 2. The van der Waals surface area contributed by atoms with E-state index >= 15 is 0 Å². The number of aryl methyl sites for hydroxylation is 3. The SMILES string of the molecule is Cc1ccc(/C=C/C(c2cc(C)c(F)c(C)c2)C(F)(F)F)cc1Br.O=CO. The number of hydrogen-bond donors (Lipinski definition) is 1. The molecular weight excluding hydrogens is 428 g/mol. The first-order valence-electron chi connectivity index (χ1n) is 7.86. The minimum absolute atomic E-state index is 0.0429. The lowest BCUT2D eigenvalue weighted by Crippen LogP contribution is -2.19. The summed E-state index contributed by atoms with van der Waals surface area (Å²) in [6, 6.07) is 7.87. The Balaban J connectivity index is 0.00000114. The first kappa shape index (κ1) is 22.9. The first-order valence-corrected chi connectivity index (χ1v) is 8.66. The van der Waals surface area contributed by atoms with Crippen LogP contribution < -0.4 is 0 Å². The second-order valence-electron chi connectivity index (χ2n) is 5.96. The molecule has 146 valence electrons. The quantitative estimate of drug-likeness (QED) is 0.427. The normalized spacial score (nSPS) is 12.4. The highest BCUT2D eigenvalue weighted by Gasteiger charge is 2.39. The number of rotatable bonds is 3. The number of carbonyl (C=O) groups is 1. The van der Waals surface area contributed by atoms with Crippen molar-refractivity contribution in [3.63, 3.8) is 0 Å². The van der Waals surface area contributed by atoms with Gasteiger partial charge in [-0.15, -0.1) is 0 Å². The summed E-state index contributed by atoms with van der Waals surface area (Å²) < 4.78 is 54.9. The van der Waals surface area contributed by atoms with Crippen LogP contribution in [-0.2, 0) is 4.79 Å². The summed E-state index contributed by atoms with van der Waals surface area (Å²) >= 11 is 3.37. The molecule has 0 bridgehead atoms. The molecule has 27 heavy (non-hydrogen) atoms. The molecule has 1 unspecified atom stereocenters. The summed E-state index contributed by atoms with van der Waals surface area (Å²) in [4.78, 5) is 8.36. The smallest absolute Gasteiger partial charge is 0.399 e. The minimum Gasteiger partial charge on any atom is -0.483 e. The topological polar surface area (TPSA) is 37.3 Å². The minimum atomic E-state index is -4.45. The highest BCUT2D eigenvalue weighted by molar-refractivity contribution is 9.10. The van der Waals surface area contributed by atoms with Crippen molar-refractivity contribution >= 4 is 28.5 Å². The predicted octanol–water partition coefficient (Wildman–Crippen LogP) is 6.57. The molecule has 0 aliphatic heterocycles. The fourth-order valence-electron chi connectivity index (χ4n) is 2.49. The molecule has 2 rings (SSSR count). The van der Waals surface area contributed by atoms with Crippen molar-refractivity contribution in [1.82, 2.24) is 0 Å². The van der Waals surface area contributed by atoms with E-state index in [1.54, 1.807) is 12.1 Å². The monoisotopic (exact) mass is 446 g/mol. The Bertz CT molecular complexity index is 806. The van der Waals surface area contributed by atoms with Gasteiger partial charge in [-0.05, 0) is 54.7 Å². The molecule has 0 fully saturated rings. The van der Waals surface area contributed by atoms with Gasteiger partial charge in [-0.1, -0.05) is 52.3 Å². The van der Waals surface area contributed by atoms with Gasteiger partial charge in [0.15, 0.2) is 0 Å². The maximum absolute atomic E-state index is 13.7. The molecule has 0 spiro atoms. The van der Waals surface area contributed by atoms with E-state index in [-0.39, 0.29) is 23.2 Å². The van der Waals surface area contributed by atoms with Gasteiger partial charge in [-0.3, -0.25) is 4.79 Å². The van der Waals surface area contributed by atoms with Crippen molar-refractivity contribution in [2.24, 2.45) is 0 Å². The van der Waals surface area contributed by atoms with Crippen molar-refractivity contribution in [3.8, 4) is 0 Å². The molecule has 0 saturated heterocycles. The summed E-state index contributed by atoms with van der Waals surface area (Å²) in [5.41, 5.74) is 2.14. The van der Waals surface area contributed by atoms with Crippen molar-refractivity contribution in [1.29, 1.82) is 0 Å². The van der Waals surface area contributed by atoms with Gasteiger partial charge in [-0.2, -0.15) is 13.2 Å². The lowest BCUT2D eigenvalue weighted by Gasteiger charge is -2.19. The van der Waals surface area contributed by atoms with Gasteiger partial charge in [-0.25, -0.2) is 4.39 Å². The predicted molar refractivity (Wildman–Crippen MR) is 101 cm³/mol. The molecule has 0 saturated carbocycles. The van der Waals surface area contributed by atoms with Gasteiger partial charge in [0.25, 0.3) is 6.47 Å². The molecule has 1 atom stereocenters. The van der Waals surface area contributed by atoms with Gasteiger partial charge in [0.05, 0.1) is 5.92 Å². The standard InChI is InChI=1S/C19H17BrF4.CH2O2/c1-11-4-5-14(10-17(11)20)6-7-16(19(22,23)24)15-8-12(2)18(21)13(3)9-15;2-1-3/h4-10,16H,1-3H3;1H,(H,2,3)/b7-6+;. The molecule has 2 aromatic rings. The maximum Gasteiger partial charge on any atom is 0.399 e. The van der Waals surface area contributed by atoms with E-state index in [4.69, 9.17) is 9.90 Å².